The second kappa shape index (κ2) is 6.48. The zero-order chi connectivity index (χ0) is 12.8. The molecule has 1 saturated heterocycles. The number of nitrogens with zero attached hydrogens (tertiary/aromatic N) is 1. The van der Waals surface area contributed by atoms with Crippen molar-refractivity contribution in [2.75, 3.05) is 19.8 Å². The number of benzene rings is 1. The van der Waals surface area contributed by atoms with Crippen molar-refractivity contribution in [2.24, 2.45) is 5.92 Å². The Kier molecular flexibility index (Phi) is 4.68. The molecule has 18 heavy (non-hydrogen) atoms. The molecule has 0 radical (unpaired) electrons. The van der Waals surface area contributed by atoms with Crippen LogP contribution in [0, 0.1) is 23.1 Å². The van der Waals surface area contributed by atoms with E-state index < -0.39 is 0 Å². The molecule has 96 valence electrons. The molecule has 1 atom stereocenters. The van der Waals surface area contributed by atoms with Gasteiger partial charge in [0.15, 0.2) is 0 Å². The molecule has 1 fully saturated rings. The maximum absolute atomic E-state index is 13.5. The SMILES string of the molecule is N#Cc1ccc(F)c(CNCC2CCCOC2)c1. The predicted octanol–water partition coefficient (Wildman–Crippen LogP) is 2.21. The van der Waals surface area contributed by atoms with Gasteiger partial charge in [-0.25, -0.2) is 4.39 Å². The van der Waals surface area contributed by atoms with Gasteiger partial charge >= 0.3 is 0 Å². The van der Waals surface area contributed by atoms with Crippen LogP contribution < -0.4 is 5.32 Å². The summed E-state index contributed by atoms with van der Waals surface area (Å²) in [6, 6.07) is 6.46. The average molecular weight is 248 g/mol. The Morgan fingerprint density at radius 3 is 3.11 bits per heavy atom. The molecule has 1 unspecified atom stereocenters. The van der Waals surface area contributed by atoms with Crippen LogP contribution in [0.3, 0.4) is 0 Å². The van der Waals surface area contributed by atoms with Crippen LogP contribution in [0.5, 0.6) is 0 Å². The minimum atomic E-state index is -0.263. The Labute approximate surface area is 107 Å². The molecule has 0 bridgehead atoms. The molecule has 1 aromatic carbocycles. The molecular formula is C14H17FN2O. The first-order valence-corrected chi connectivity index (χ1v) is 6.26. The van der Waals surface area contributed by atoms with E-state index in [4.69, 9.17) is 10.00 Å². The van der Waals surface area contributed by atoms with Gasteiger partial charge in [0.1, 0.15) is 5.82 Å². The third-order valence-electron chi connectivity index (χ3n) is 3.18. The molecule has 2 rings (SSSR count). The number of halogens is 1. The van der Waals surface area contributed by atoms with Crippen molar-refractivity contribution in [3.05, 3.63) is 35.1 Å². The Hall–Kier alpha value is -1.44. The van der Waals surface area contributed by atoms with Gasteiger partial charge in [-0.2, -0.15) is 5.26 Å². The van der Waals surface area contributed by atoms with E-state index in [-0.39, 0.29) is 5.82 Å². The standard InChI is InChI=1S/C14H17FN2O/c15-14-4-3-11(7-16)6-13(14)9-17-8-12-2-1-5-18-10-12/h3-4,6,12,17H,1-2,5,8-10H2. The minimum Gasteiger partial charge on any atom is -0.381 e. The van der Waals surface area contributed by atoms with Gasteiger partial charge < -0.3 is 10.1 Å². The molecule has 1 aliphatic heterocycles. The van der Waals surface area contributed by atoms with Crippen LogP contribution in [0.4, 0.5) is 4.39 Å². The second-order valence-corrected chi connectivity index (χ2v) is 4.63. The van der Waals surface area contributed by atoms with Crippen molar-refractivity contribution in [2.45, 2.75) is 19.4 Å². The van der Waals surface area contributed by atoms with Crippen molar-refractivity contribution < 1.29 is 9.13 Å². The van der Waals surface area contributed by atoms with E-state index in [1.165, 1.54) is 12.1 Å². The number of hydrogen-bond donors (Lipinski definition) is 1. The summed E-state index contributed by atoms with van der Waals surface area (Å²) in [5, 5.41) is 12.0. The van der Waals surface area contributed by atoms with Crippen LogP contribution in [-0.4, -0.2) is 19.8 Å². The van der Waals surface area contributed by atoms with Crippen LogP contribution in [0.25, 0.3) is 0 Å². The zero-order valence-corrected chi connectivity index (χ0v) is 10.3. The fourth-order valence-corrected chi connectivity index (χ4v) is 2.16. The lowest BCUT2D eigenvalue weighted by Gasteiger charge is -2.22. The van der Waals surface area contributed by atoms with E-state index in [0.717, 1.165) is 32.6 Å². The summed E-state index contributed by atoms with van der Waals surface area (Å²) in [4.78, 5) is 0. The summed E-state index contributed by atoms with van der Waals surface area (Å²) in [6.07, 6.45) is 2.26. The molecule has 0 aromatic heterocycles. The molecule has 1 N–H and O–H groups in total. The first-order valence-electron chi connectivity index (χ1n) is 6.26. The predicted molar refractivity (Wildman–Crippen MR) is 66.4 cm³/mol. The molecule has 1 aromatic rings. The molecule has 3 nitrogen and oxygen atoms in total. The lowest BCUT2D eigenvalue weighted by Crippen LogP contribution is -2.29. The summed E-state index contributed by atoms with van der Waals surface area (Å²) < 4.78 is 18.9. The largest absolute Gasteiger partial charge is 0.381 e. The van der Waals surface area contributed by atoms with Crippen LogP contribution in [-0.2, 0) is 11.3 Å². The van der Waals surface area contributed by atoms with Crippen LogP contribution in [0.2, 0.25) is 0 Å². The monoisotopic (exact) mass is 248 g/mol. The highest BCUT2D eigenvalue weighted by Crippen LogP contribution is 2.13. The maximum atomic E-state index is 13.5. The van der Waals surface area contributed by atoms with Gasteiger partial charge in [-0.1, -0.05) is 0 Å². The molecule has 0 amide bonds. The summed E-state index contributed by atoms with van der Waals surface area (Å²) >= 11 is 0. The molecule has 0 spiro atoms. The number of rotatable bonds is 4. The van der Waals surface area contributed by atoms with Gasteiger partial charge in [0.25, 0.3) is 0 Å². The van der Waals surface area contributed by atoms with Crippen LogP contribution in [0.1, 0.15) is 24.0 Å². The maximum Gasteiger partial charge on any atom is 0.127 e. The fourth-order valence-electron chi connectivity index (χ4n) is 2.16. The normalized spacial score (nSPS) is 19.4. The number of hydrogen-bond acceptors (Lipinski definition) is 3. The number of nitrogens with one attached hydrogen (secondary N) is 1. The fraction of sp³-hybridized carbons (Fsp3) is 0.500. The Morgan fingerprint density at radius 2 is 2.39 bits per heavy atom. The summed E-state index contributed by atoms with van der Waals surface area (Å²) in [7, 11) is 0. The van der Waals surface area contributed by atoms with E-state index in [1.54, 1.807) is 6.07 Å². The van der Waals surface area contributed by atoms with E-state index >= 15 is 0 Å². The summed E-state index contributed by atoms with van der Waals surface area (Å²) in [5.41, 5.74) is 1.04. The van der Waals surface area contributed by atoms with E-state index in [9.17, 15) is 4.39 Å². The van der Waals surface area contributed by atoms with Crippen LogP contribution >= 0.6 is 0 Å². The lowest BCUT2D eigenvalue weighted by molar-refractivity contribution is 0.0547. The first-order chi connectivity index (χ1) is 8.79. The van der Waals surface area contributed by atoms with Crippen molar-refractivity contribution in [3.8, 4) is 6.07 Å². The van der Waals surface area contributed by atoms with Gasteiger partial charge in [0.2, 0.25) is 0 Å². The highest BCUT2D eigenvalue weighted by molar-refractivity contribution is 5.33. The van der Waals surface area contributed by atoms with Crippen molar-refractivity contribution >= 4 is 0 Å². The van der Waals surface area contributed by atoms with Crippen LogP contribution in [0.15, 0.2) is 18.2 Å². The molecule has 0 saturated carbocycles. The number of ether oxygens (including phenoxy) is 1. The highest BCUT2D eigenvalue weighted by Gasteiger charge is 2.13. The van der Waals surface area contributed by atoms with E-state index in [1.807, 2.05) is 6.07 Å². The quantitative estimate of drug-likeness (QED) is 0.888. The molecule has 1 heterocycles. The third-order valence-corrected chi connectivity index (χ3v) is 3.18. The summed E-state index contributed by atoms with van der Waals surface area (Å²) in [6.45, 7) is 2.93. The Morgan fingerprint density at radius 1 is 1.50 bits per heavy atom. The topological polar surface area (TPSA) is 45.0 Å². The average Bonchev–Trinajstić information content (AvgIpc) is 2.42. The van der Waals surface area contributed by atoms with Gasteiger partial charge in [0.05, 0.1) is 18.2 Å². The molecule has 1 aliphatic rings. The van der Waals surface area contributed by atoms with Gasteiger partial charge in [0, 0.05) is 25.3 Å². The minimum absolute atomic E-state index is 0.263. The van der Waals surface area contributed by atoms with Gasteiger partial charge in [-0.15, -0.1) is 0 Å². The smallest absolute Gasteiger partial charge is 0.127 e. The van der Waals surface area contributed by atoms with E-state index in [2.05, 4.69) is 5.32 Å². The van der Waals surface area contributed by atoms with E-state index in [0.29, 0.717) is 23.6 Å². The summed E-state index contributed by atoms with van der Waals surface area (Å²) in [5.74, 6) is 0.252. The van der Waals surface area contributed by atoms with Gasteiger partial charge in [-0.3, -0.25) is 0 Å². The van der Waals surface area contributed by atoms with Crippen molar-refractivity contribution in [3.63, 3.8) is 0 Å². The van der Waals surface area contributed by atoms with Crippen molar-refractivity contribution in [1.29, 1.82) is 5.26 Å². The van der Waals surface area contributed by atoms with Crippen molar-refractivity contribution in [1.82, 2.24) is 5.32 Å². The molecule has 4 heteroatoms. The molecule has 0 aliphatic carbocycles. The highest BCUT2D eigenvalue weighted by atomic mass is 19.1. The second-order valence-electron chi connectivity index (χ2n) is 4.63. The number of nitriles is 1. The van der Waals surface area contributed by atoms with Gasteiger partial charge in [-0.05, 0) is 37.0 Å². The Balaban J connectivity index is 1.84. The Bertz CT molecular complexity index is 436. The first kappa shape index (κ1) is 13.0. The lowest BCUT2D eigenvalue weighted by atomic mass is 10.0. The third kappa shape index (κ3) is 3.52. The zero-order valence-electron chi connectivity index (χ0n) is 10.3. The molecular weight excluding hydrogens is 231 g/mol.